The molecule has 0 amide bonds. The normalized spacial score (nSPS) is 17.8. The number of likely N-dealkylation sites (tertiary alicyclic amines) is 1. The molecule has 1 fully saturated rings. The number of rotatable bonds is 5. The third-order valence-electron chi connectivity index (χ3n) is 4.29. The summed E-state index contributed by atoms with van der Waals surface area (Å²) in [6, 6.07) is 16.2. The van der Waals surface area contributed by atoms with Crippen LogP contribution >= 0.6 is 0 Å². The van der Waals surface area contributed by atoms with E-state index in [2.05, 4.69) is 27.3 Å². The van der Waals surface area contributed by atoms with E-state index in [0.717, 1.165) is 43.3 Å². The van der Waals surface area contributed by atoms with Crippen LogP contribution in [0, 0.1) is 24.2 Å². The zero-order chi connectivity index (χ0) is 16.1. The number of aromatic nitrogens is 1. The maximum Gasteiger partial charge on any atom is 0.126 e. The highest BCUT2D eigenvalue weighted by molar-refractivity contribution is 5.35. The van der Waals surface area contributed by atoms with Crippen molar-refractivity contribution in [3.05, 3.63) is 59.3 Å². The molecule has 1 aliphatic rings. The van der Waals surface area contributed by atoms with Crippen LogP contribution in [-0.4, -0.2) is 29.5 Å². The molecule has 1 aromatic carbocycles. The number of aryl methyl sites for hydroxylation is 1. The highest BCUT2D eigenvalue weighted by atomic mass is 15.1. The lowest BCUT2D eigenvalue weighted by Gasteiger charge is -2.16. The lowest BCUT2D eigenvalue weighted by atomic mass is 10.1. The molecule has 118 valence electrons. The highest BCUT2D eigenvalue weighted by Gasteiger charge is 2.22. The molecule has 0 aliphatic carbocycles. The summed E-state index contributed by atoms with van der Waals surface area (Å²) in [5, 5.41) is 12.4. The molecule has 1 N–H and O–H groups in total. The predicted octanol–water partition coefficient (Wildman–Crippen LogP) is 3.20. The minimum Gasteiger partial charge on any atom is -0.370 e. The number of hydrogen-bond acceptors (Lipinski definition) is 4. The number of anilines is 1. The van der Waals surface area contributed by atoms with Crippen molar-refractivity contribution >= 4 is 5.82 Å². The van der Waals surface area contributed by atoms with Gasteiger partial charge >= 0.3 is 0 Å². The molecule has 1 aromatic heterocycles. The van der Waals surface area contributed by atoms with Crippen molar-refractivity contribution in [2.75, 3.05) is 25.0 Å². The van der Waals surface area contributed by atoms with Gasteiger partial charge in [-0.1, -0.05) is 18.2 Å². The molecule has 4 heteroatoms. The molecule has 0 bridgehead atoms. The Bertz CT molecular complexity index is 705. The van der Waals surface area contributed by atoms with Crippen LogP contribution < -0.4 is 5.32 Å². The summed E-state index contributed by atoms with van der Waals surface area (Å²) in [7, 11) is 0. The average molecular weight is 306 g/mol. The third kappa shape index (κ3) is 4.30. The van der Waals surface area contributed by atoms with Gasteiger partial charge in [0.1, 0.15) is 5.82 Å². The second-order valence-electron chi connectivity index (χ2n) is 6.25. The first kappa shape index (κ1) is 15.5. The Morgan fingerprint density at radius 3 is 3.00 bits per heavy atom. The largest absolute Gasteiger partial charge is 0.370 e. The summed E-state index contributed by atoms with van der Waals surface area (Å²) in [5.74, 6) is 1.61. The smallest absolute Gasteiger partial charge is 0.126 e. The summed E-state index contributed by atoms with van der Waals surface area (Å²) >= 11 is 0. The van der Waals surface area contributed by atoms with Crippen LogP contribution in [0.15, 0.2) is 42.5 Å². The van der Waals surface area contributed by atoms with Crippen LogP contribution in [0.3, 0.4) is 0 Å². The highest BCUT2D eigenvalue weighted by Crippen LogP contribution is 2.19. The molecular formula is C19H22N4. The maximum atomic E-state index is 8.98. The Morgan fingerprint density at radius 2 is 2.17 bits per heavy atom. The molecule has 0 spiro atoms. The summed E-state index contributed by atoms with van der Waals surface area (Å²) in [5.41, 5.74) is 3.00. The van der Waals surface area contributed by atoms with Crippen molar-refractivity contribution in [1.29, 1.82) is 5.26 Å². The fraction of sp³-hybridized carbons (Fsp3) is 0.368. The first-order valence-corrected chi connectivity index (χ1v) is 8.12. The Hall–Kier alpha value is -2.38. The minimum absolute atomic E-state index is 0.650. The van der Waals surface area contributed by atoms with Gasteiger partial charge in [0.25, 0.3) is 0 Å². The van der Waals surface area contributed by atoms with Crippen molar-refractivity contribution in [1.82, 2.24) is 9.88 Å². The summed E-state index contributed by atoms with van der Waals surface area (Å²) in [4.78, 5) is 6.95. The van der Waals surface area contributed by atoms with E-state index in [1.54, 1.807) is 0 Å². The van der Waals surface area contributed by atoms with Gasteiger partial charge in [-0.2, -0.15) is 5.26 Å². The summed E-state index contributed by atoms with van der Waals surface area (Å²) < 4.78 is 0. The fourth-order valence-corrected chi connectivity index (χ4v) is 3.11. The number of pyridine rings is 1. The lowest BCUT2D eigenvalue weighted by Crippen LogP contribution is -2.22. The molecule has 23 heavy (non-hydrogen) atoms. The fourth-order valence-electron chi connectivity index (χ4n) is 3.11. The van der Waals surface area contributed by atoms with Crippen molar-refractivity contribution in [3.63, 3.8) is 0 Å². The topological polar surface area (TPSA) is 52.0 Å². The number of nitriles is 1. The van der Waals surface area contributed by atoms with E-state index < -0.39 is 0 Å². The third-order valence-corrected chi connectivity index (χ3v) is 4.29. The van der Waals surface area contributed by atoms with Gasteiger partial charge in [-0.05, 0) is 55.6 Å². The van der Waals surface area contributed by atoms with Gasteiger partial charge in [-0.15, -0.1) is 0 Å². The van der Waals surface area contributed by atoms with E-state index >= 15 is 0 Å². The molecule has 1 atom stereocenters. The lowest BCUT2D eigenvalue weighted by molar-refractivity contribution is 0.319. The molecule has 0 saturated carbocycles. The standard InChI is InChI=1S/C19H22N4/c1-15-4-2-7-19(22-15)21-12-18-8-9-23(14-18)13-17-6-3-5-16(10-17)11-20/h2-7,10,18H,8-9,12-14H2,1H3,(H,21,22). The number of nitrogens with one attached hydrogen (secondary N) is 1. The van der Waals surface area contributed by atoms with E-state index in [-0.39, 0.29) is 0 Å². The van der Waals surface area contributed by atoms with E-state index in [0.29, 0.717) is 5.92 Å². The summed E-state index contributed by atoms with van der Waals surface area (Å²) in [6.07, 6.45) is 1.21. The molecular weight excluding hydrogens is 284 g/mol. The van der Waals surface area contributed by atoms with Gasteiger partial charge in [0.05, 0.1) is 11.6 Å². The molecule has 1 saturated heterocycles. The van der Waals surface area contributed by atoms with E-state index in [4.69, 9.17) is 5.26 Å². The van der Waals surface area contributed by atoms with Crippen LogP contribution in [0.1, 0.15) is 23.2 Å². The van der Waals surface area contributed by atoms with Crippen LogP contribution in [0.2, 0.25) is 0 Å². The zero-order valence-corrected chi connectivity index (χ0v) is 13.5. The van der Waals surface area contributed by atoms with Gasteiger partial charge in [0.2, 0.25) is 0 Å². The first-order chi connectivity index (χ1) is 11.2. The van der Waals surface area contributed by atoms with Crippen molar-refractivity contribution in [2.24, 2.45) is 5.92 Å². The minimum atomic E-state index is 0.650. The van der Waals surface area contributed by atoms with Crippen LogP contribution in [0.4, 0.5) is 5.82 Å². The van der Waals surface area contributed by atoms with Crippen molar-refractivity contribution in [2.45, 2.75) is 19.9 Å². The van der Waals surface area contributed by atoms with Gasteiger partial charge in [-0.25, -0.2) is 4.98 Å². The van der Waals surface area contributed by atoms with Crippen LogP contribution in [0.25, 0.3) is 0 Å². The molecule has 1 aliphatic heterocycles. The quantitative estimate of drug-likeness (QED) is 0.921. The van der Waals surface area contributed by atoms with Crippen molar-refractivity contribution in [3.8, 4) is 6.07 Å². The van der Waals surface area contributed by atoms with Crippen LogP contribution in [0.5, 0.6) is 0 Å². The average Bonchev–Trinajstić information content (AvgIpc) is 3.01. The van der Waals surface area contributed by atoms with Gasteiger partial charge in [-0.3, -0.25) is 4.90 Å². The maximum absolute atomic E-state index is 8.98. The molecule has 2 aromatic rings. The Kier molecular flexibility index (Phi) is 4.89. The first-order valence-electron chi connectivity index (χ1n) is 8.12. The SMILES string of the molecule is Cc1cccc(NCC2CCN(Cc3cccc(C#N)c3)C2)n1. The van der Waals surface area contributed by atoms with Gasteiger partial charge < -0.3 is 5.32 Å². The van der Waals surface area contributed by atoms with E-state index in [1.807, 2.05) is 43.3 Å². The van der Waals surface area contributed by atoms with Gasteiger partial charge in [0.15, 0.2) is 0 Å². The second-order valence-corrected chi connectivity index (χ2v) is 6.25. The second kappa shape index (κ2) is 7.26. The monoisotopic (exact) mass is 306 g/mol. The predicted molar refractivity (Wildman–Crippen MR) is 92.0 cm³/mol. The van der Waals surface area contributed by atoms with Gasteiger partial charge in [0, 0.05) is 25.3 Å². The molecule has 2 heterocycles. The molecule has 4 nitrogen and oxygen atoms in total. The van der Waals surface area contributed by atoms with Crippen molar-refractivity contribution < 1.29 is 0 Å². The zero-order valence-electron chi connectivity index (χ0n) is 13.5. The number of benzene rings is 1. The Labute approximate surface area is 137 Å². The van der Waals surface area contributed by atoms with E-state index in [9.17, 15) is 0 Å². The molecule has 0 radical (unpaired) electrons. The Morgan fingerprint density at radius 1 is 1.30 bits per heavy atom. The summed E-state index contributed by atoms with van der Waals surface area (Å²) in [6.45, 7) is 6.11. The van der Waals surface area contributed by atoms with Crippen LogP contribution in [-0.2, 0) is 6.54 Å². The molecule has 1 unspecified atom stereocenters. The Balaban J connectivity index is 1.49. The van der Waals surface area contributed by atoms with E-state index in [1.165, 1.54) is 12.0 Å². The number of hydrogen-bond donors (Lipinski definition) is 1. The number of nitrogens with zero attached hydrogens (tertiary/aromatic N) is 3. The molecule has 3 rings (SSSR count).